The highest BCUT2D eigenvalue weighted by atomic mass is 16.5. The van der Waals surface area contributed by atoms with Crippen molar-refractivity contribution in [2.75, 3.05) is 38.3 Å². The Balaban J connectivity index is 1.98. The van der Waals surface area contributed by atoms with E-state index in [4.69, 9.17) is 9.47 Å². The molecule has 1 fully saturated rings. The van der Waals surface area contributed by atoms with E-state index in [9.17, 15) is 4.79 Å². The van der Waals surface area contributed by atoms with Gasteiger partial charge in [0.2, 0.25) is 5.91 Å². The average Bonchev–Trinajstić information content (AvgIpc) is 2.76. The van der Waals surface area contributed by atoms with Gasteiger partial charge in [0, 0.05) is 25.7 Å². The van der Waals surface area contributed by atoms with E-state index in [2.05, 4.69) is 17.9 Å². The lowest BCUT2D eigenvalue weighted by Crippen LogP contribution is -2.40. The van der Waals surface area contributed by atoms with Gasteiger partial charge in [-0.1, -0.05) is 12.1 Å². The summed E-state index contributed by atoms with van der Waals surface area (Å²) in [6, 6.07) is 8.31. The summed E-state index contributed by atoms with van der Waals surface area (Å²) in [6.07, 6.45) is 1.58. The van der Waals surface area contributed by atoms with Crippen LogP contribution in [0.25, 0.3) is 0 Å². The molecule has 5 nitrogen and oxygen atoms in total. The first-order chi connectivity index (χ1) is 11.5. The summed E-state index contributed by atoms with van der Waals surface area (Å²) in [7, 11) is 1.70. The Morgan fingerprint density at radius 1 is 1.25 bits per heavy atom. The van der Waals surface area contributed by atoms with Gasteiger partial charge in [-0.25, -0.2) is 0 Å². The Morgan fingerprint density at radius 3 is 2.71 bits per heavy atom. The summed E-state index contributed by atoms with van der Waals surface area (Å²) < 4.78 is 11.0. The summed E-state index contributed by atoms with van der Waals surface area (Å²) in [5.74, 6) is 1.07. The molecule has 0 spiro atoms. The molecule has 0 bridgehead atoms. The molecule has 0 aliphatic carbocycles. The van der Waals surface area contributed by atoms with Gasteiger partial charge in [0.05, 0.1) is 31.9 Å². The maximum Gasteiger partial charge on any atom is 0.225 e. The second-order valence-corrected chi connectivity index (χ2v) is 6.55. The van der Waals surface area contributed by atoms with E-state index in [1.165, 1.54) is 0 Å². The number of hydrogen-bond acceptors (Lipinski definition) is 4. The predicted molar refractivity (Wildman–Crippen MR) is 96.7 cm³/mol. The number of carbonyl (C=O) groups is 1. The van der Waals surface area contributed by atoms with Crippen molar-refractivity contribution in [3.8, 4) is 5.75 Å². The van der Waals surface area contributed by atoms with Gasteiger partial charge < -0.3 is 19.3 Å². The first-order valence-corrected chi connectivity index (χ1v) is 8.82. The number of carbonyl (C=O) groups excluding carboxylic acids is 1. The van der Waals surface area contributed by atoms with Crippen LogP contribution in [-0.2, 0) is 9.53 Å². The molecular weight excluding hydrogens is 304 g/mol. The summed E-state index contributed by atoms with van der Waals surface area (Å²) in [4.78, 5) is 16.8. The fraction of sp³-hybridized carbons (Fsp3) is 0.632. The fourth-order valence-corrected chi connectivity index (χ4v) is 3.09. The molecule has 1 aromatic rings. The SMILES string of the molecule is COc1ccccc1N1CC[C@@H](C)N(C(=O)CCOC(C)C)CC1. The second kappa shape index (κ2) is 8.92. The molecular formula is C19H30N2O3. The topological polar surface area (TPSA) is 42.0 Å². The molecule has 24 heavy (non-hydrogen) atoms. The summed E-state index contributed by atoms with van der Waals surface area (Å²) in [6.45, 7) is 9.09. The average molecular weight is 334 g/mol. The Hall–Kier alpha value is -1.75. The van der Waals surface area contributed by atoms with E-state index >= 15 is 0 Å². The maximum absolute atomic E-state index is 12.5. The highest BCUT2D eigenvalue weighted by molar-refractivity contribution is 5.76. The van der Waals surface area contributed by atoms with Crippen molar-refractivity contribution >= 4 is 11.6 Å². The van der Waals surface area contributed by atoms with Crippen molar-refractivity contribution in [1.29, 1.82) is 0 Å². The minimum absolute atomic E-state index is 0.167. The summed E-state index contributed by atoms with van der Waals surface area (Å²) in [5.41, 5.74) is 1.10. The number of anilines is 1. The number of para-hydroxylation sites is 2. The smallest absolute Gasteiger partial charge is 0.225 e. The van der Waals surface area contributed by atoms with Crippen LogP contribution in [0.5, 0.6) is 5.75 Å². The predicted octanol–water partition coefficient (Wildman–Crippen LogP) is 2.94. The Morgan fingerprint density at radius 2 is 2.00 bits per heavy atom. The molecule has 1 saturated heterocycles. The van der Waals surface area contributed by atoms with Crippen LogP contribution in [-0.4, -0.2) is 56.3 Å². The van der Waals surface area contributed by atoms with E-state index < -0.39 is 0 Å². The zero-order valence-corrected chi connectivity index (χ0v) is 15.3. The van der Waals surface area contributed by atoms with Gasteiger partial charge in [0.1, 0.15) is 5.75 Å². The number of amides is 1. The summed E-state index contributed by atoms with van der Waals surface area (Å²) >= 11 is 0. The van der Waals surface area contributed by atoms with Crippen LogP contribution in [0.2, 0.25) is 0 Å². The van der Waals surface area contributed by atoms with Crippen molar-refractivity contribution in [2.24, 2.45) is 0 Å². The highest BCUT2D eigenvalue weighted by Crippen LogP contribution is 2.29. The third-order valence-corrected chi connectivity index (χ3v) is 4.47. The minimum Gasteiger partial charge on any atom is -0.495 e. The molecule has 1 heterocycles. The summed E-state index contributed by atoms with van der Waals surface area (Å²) in [5, 5.41) is 0. The molecule has 0 N–H and O–H groups in total. The van der Waals surface area contributed by atoms with Crippen LogP contribution in [0.3, 0.4) is 0 Å². The molecule has 0 unspecified atom stereocenters. The highest BCUT2D eigenvalue weighted by Gasteiger charge is 2.25. The number of ether oxygens (including phenoxy) is 2. The van der Waals surface area contributed by atoms with Crippen molar-refractivity contribution in [3.63, 3.8) is 0 Å². The van der Waals surface area contributed by atoms with E-state index in [0.717, 1.165) is 37.5 Å². The molecule has 1 aliphatic rings. The Kier molecular flexibility index (Phi) is 6.91. The standard InChI is InChI=1S/C19H30N2O3/c1-15(2)24-14-10-19(22)21-13-12-20(11-9-16(21)3)17-7-5-6-8-18(17)23-4/h5-8,15-16H,9-14H2,1-4H3/t16-/m1/s1. The van der Waals surface area contributed by atoms with Crippen LogP contribution in [0, 0.1) is 0 Å². The van der Waals surface area contributed by atoms with Gasteiger partial charge in [-0.2, -0.15) is 0 Å². The number of benzene rings is 1. The lowest BCUT2D eigenvalue weighted by molar-refractivity contribution is -0.134. The Labute approximate surface area is 145 Å². The van der Waals surface area contributed by atoms with Crippen molar-refractivity contribution in [3.05, 3.63) is 24.3 Å². The number of methoxy groups -OCH3 is 1. The largest absolute Gasteiger partial charge is 0.495 e. The van der Waals surface area contributed by atoms with Crippen molar-refractivity contribution in [1.82, 2.24) is 4.90 Å². The first kappa shape index (κ1) is 18.6. The van der Waals surface area contributed by atoms with E-state index in [1.54, 1.807) is 7.11 Å². The van der Waals surface area contributed by atoms with E-state index in [-0.39, 0.29) is 18.1 Å². The first-order valence-electron chi connectivity index (χ1n) is 8.82. The molecule has 1 aliphatic heterocycles. The van der Waals surface area contributed by atoms with Crippen LogP contribution >= 0.6 is 0 Å². The van der Waals surface area contributed by atoms with Crippen LogP contribution < -0.4 is 9.64 Å². The van der Waals surface area contributed by atoms with Gasteiger partial charge in [0.15, 0.2) is 0 Å². The molecule has 2 rings (SSSR count). The van der Waals surface area contributed by atoms with Gasteiger partial charge in [-0.3, -0.25) is 4.79 Å². The fourth-order valence-electron chi connectivity index (χ4n) is 3.09. The quantitative estimate of drug-likeness (QED) is 0.802. The molecule has 5 heteroatoms. The van der Waals surface area contributed by atoms with E-state index in [0.29, 0.717) is 13.0 Å². The maximum atomic E-state index is 12.5. The van der Waals surface area contributed by atoms with Crippen LogP contribution in [0.4, 0.5) is 5.69 Å². The van der Waals surface area contributed by atoms with Crippen molar-refractivity contribution < 1.29 is 14.3 Å². The third kappa shape index (κ3) is 4.87. The molecule has 1 amide bonds. The zero-order valence-electron chi connectivity index (χ0n) is 15.3. The zero-order chi connectivity index (χ0) is 17.5. The van der Waals surface area contributed by atoms with Crippen LogP contribution in [0.15, 0.2) is 24.3 Å². The van der Waals surface area contributed by atoms with Gasteiger partial charge in [-0.05, 0) is 39.3 Å². The lowest BCUT2D eigenvalue weighted by atomic mass is 10.2. The third-order valence-electron chi connectivity index (χ3n) is 4.47. The molecule has 1 aromatic carbocycles. The molecule has 0 saturated carbocycles. The normalized spacial score (nSPS) is 18.6. The Bertz CT molecular complexity index is 533. The number of rotatable bonds is 6. The minimum atomic E-state index is 0.167. The van der Waals surface area contributed by atoms with E-state index in [1.807, 2.05) is 36.9 Å². The number of hydrogen-bond donors (Lipinski definition) is 0. The lowest BCUT2D eigenvalue weighted by Gasteiger charge is -2.27. The second-order valence-electron chi connectivity index (χ2n) is 6.55. The number of nitrogens with zero attached hydrogens (tertiary/aromatic N) is 2. The van der Waals surface area contributed by atoms with Gasteiger partial charge in [0.25, 0.3) is 0 Å². The van der Waals surface area contributed by atoms with Gasteiger partial charge in [-0.15, -0.1) is 0 Å². The van der Waals surface area contributed by atoms with Gasteiger partial charge >= 0.3 is 0 Å². The molecule has 134 valence electrons. The van der Waals surface area contributed by atoms with Crippen molar-refractivity contribution in [2.45, 2.75) is 45.8 Å². The molecule has 1 atom stereocenters. The molecule has 0 aromatic heterocycles. The molecule has 0 radical (unpaired) electrons. The van der Waals surface area contributed by atoms with Crippen LogP contribution in [0.1, 0.15) is 33.6 Å². The monoisotopic (exact) mass is 334 g/mol.